The molecule has 3 heterocycles. The molecule has 0 bridgehead atoms. The van der Waals surface area contributed by atoms with Crippen LogP contribution in [0.3, 0.4) is 0 Å². The summed E-state index contributed by atoms with van der Waals surface area (Å²) in [6, 6.07) is 15.1. The third-order valence-corrected chi connectivity index (χ3v) is 6.16. The maximum absolute atomic E-state index is 5.91. The zero-order valence-corrected chi connectivity index (χ0v) is 16.4. The third-order valence-electron chi connectivity index (χ3n) is 6.16. The Balaban J connectivity index is 1.63. The van der Waals surface area contributed by atoms with Gasteiger partial charge in [-0.1, -0.05) is 37.3 Å². The zero-order chi connectivity index (χ0) is 19.0. The second kappa shape index (κ2) is 7.15. The van der Waals surface area contributed by atoms with Gasteiger partial charge >= 0.3 is 0 Å². The standard InChI is InChI=1S/C23H27N3O2/c1-2-25-11-13-26(14-12-25)23(20-6-4-3-5-18(20)9-10-24-23)19-7-8-21-22(17-19)28-16-15-27-21/h3-10,17,24H,2,11-16H2,1H3. The first-order chi connectivity index (χ1) is 13.8. The van der Waals surface area contributed by atoms with Crippen LogP contribution in [-0.2, 0) is 5.66 Å². The Labute approximate surface area is 166 Å². The smallest absolute Gasteiger partial charge is 0.161 e. The highest BCUT2D eigenvalue weighted by Gasteiger charge is 2.43. The van der Waals surface area contributed by atoms with Gasteiger partial charge in [0, 0.05) is 37.3 Å². The van der Waals surface area contributed by atoms with Crippen molar-refractivity contribution in [2.45, 2.75) is 12.6 Å². The molecule has 3 aliphatic rings. The first kappa shape index (κ1) is 17.6. The fraction of sp³-hybridized carbons (Fsp3) is 0.391. The molecule has 146 valence electrons. The minimum absolute atomic E-state index is 0.402. The van der Waals surface area contributed by atoms with Gasteiger partial charge < -0.3 is 19.7 Å². The van der Waals surface area contributed by atoms with Crippen molar-refractivity contribution in [1.82, 2.24) is 15.1 Å². The molecule has 0 spiro atoms. The Hall–Kier alpha value is -2.50. The number of piperazine rings is 1. The van der Waals surface area contributed by atoms with E-state index in [4.69, 9.17) is 9.47 Å². The number of hydrogen-bond acceptors (Lipinski definition) is 5. The fourth-order valence-electron chi connectivity index (χ4n) is 4.65. The van der Waals surface area contributed by atoms with Crippen molar-refractivity contribution in [2.24, 2.45) is 0 Å². The van der Waals surface area contributed by atoms with Gasteiger partial charge in [-0.2, -0.15) is 0 Å². The maximum Gasteiger partial charge on any atom is 0.161 e. The first-order valence-electron chi connectivity index (χ1n) is 10.2. The minimum Gasteiger partial charge on any atom is -0.486 e. The average Bonchev–Trinajstić information content (AvgIpc) is 2.78. The van der Waals surface area contributed by atoms with E-state index in [0.717, 1.165) is 44.2 Å². The molecule has 1 atom stereocenters. The van der Waals surface area contributed by atoms with Crippen LogP contribution < -0.4 is 14.8 Å². The highest BCUT2D eigenvalue weighted by molar-refractivity contribution is 5.62. The average molecular weight is 377 g/mol. The second-order valence-corrected chi connectivity index (χ2v) is 7.56. The van der Waals surface area contributed by atoms with Crippen molar-refractivity contribution in [3.63, 3.8) is 0 Å². The molecule has 0 saturated carbocycles. The number of nitrogens with one attached hydrogen (secondary N) is 1. The monoisotopic (exact) mass is 377 g/mol. The highest BCUT2D eigenvalue weighted by atomic mass is 16.6. The molecule has 1 N–H and O–H groups in total. The molecule has 1 saturated heterocycles. The van der Waals surface area contributed by atoms with Gasteiger partial charge in [-0.15, -0.1) is 0 Å². The normalized spacial score (nSPS) is 24.5. The van der Waals surface area contributed by atoms with Crippen LogP contribution >= 0.6 is 0 Å². The lowest BCUT2D eigenvalue weighted by molar-refractivity contribution is 0.0407. The molecule has 2 aromatic carbocycles. The Bertz CT molecular complexity index is 889. The summed E-state index contributed by atoms with van der Waals surface area (Å²) in [5, 5.41) is 3.74. The van der Waals surface area contributed by atoms with Crippen LogP contribution in [0.1, 0.15) is 23.6 Å². The molecule has 5 heteroatoms. The molecule has 0 aromatic heterocycles. The first-order valence-corrected chi connectivity index (χ1v) is 10.2. The maximum atomic E-state index is 5.91. The predicted octanol–water partition coefficient (Wildman–Crippen LogP) is 2.87. The van der Waals surface area contributed by atoms with E-state index >= 15 is 0 Å². The van der Waals surface area contributed by atoms with Crippen molar-refractivity contribution >= 4 is 6.08 Å². The Morgan fingerprint density at radius 3 is 2.57 bits per heavy atom. The predicted molar refractivity (Wildman–Crippen MR) is 111 cm³/mol. The summed E-state index contributed by atoms with van der Waals surface area (Å²) in [5.74, 6) is 1.67. The largest absolute Gasteiger partial charge is 0.486 e. The molecule has 28 heavy (non-hydrogen) atoms. The van der Waals surface area contributed by atoms with E-state index in [2.05, 4.69) is 76.8 Å². The van der Waals surface area contributed by atoms with E-state index in [-0.39, 0.29) is 0 Å². The molecule has 0 aliphatic carbocycles. The van der Waals surface area contributed by atoms with Gasteiger partial charge in [-0.05, 0) is 36.5 Å². The third kappa shape index (κ3) is 2.77. The highest BCUT2D eigenvalue weighted by Crippen LogP contribution is 2.42. The number of nitrogens with zero attached hydrogens (tertiary/aromatic N) is 2. The minimum atomic E-state index is -0.402. The molecular weight excluding hydrogens is 350 g/mol. The van der Waals surface area contributed by atoms with E-state index in [1.54, 1.807) is 0 Å². The Morgan fingerprint density at radius 2 is 1.75 bits per heavy atom. The van der Waals surface area contributed by atoms with Gasteiger partial charge in [0.15, 0.2) is 11.5 Å². The molecule has 5 nitrogen and oxygen atoms in total. The van der Waals surface area contributed by atoms with Crippen LogP contribution in [0.4, 0.5) is 0 Å². The van der Waals surface area contributed by atoms with Crippen LogP contribution in [0, 0.1) is 0 Å². The lowest BCUT2D eigenvalue weighted by atomic mass is 9.83. The SMILES string of the molecule is CCN1CCN(C2(c3ccc4c(c3)OCCO4)NC=Cc3ccccc32)CC1. The van der Waals surface area contributed by atoms with Crippen LogP contribution in [0.25, 0.3) is 6.08 Å². The van der Waals surface area contributed by atoms with Crippen LogP contribution in [0.5, 0.6) is 11.5 Å². The van der Waals surface area contributed by atoms with Crippen LogP contribution in [0.15, 0.2) is 48.7 Å². The molecular formula is C23H27N3O2. The van der Waals surface area contributed by atoms with Crippen molar-refractivity contribution in [3.8, 4) is 11.5 Å². The quantitative estimate of drug-likeness (QED) is 0.890. The lowest BCUT2D eigenvalue weighted by Gasteiger charge is -2.50. The summed E-state index contributed by atoms with van der Waals surface area (Å²) in [5.41, 5.74) is 3.34. The van der Waals surface area contributed by atoms with Crippen molar-refractivity contribution < 1.29 is 9.47 Å². The molecule has 0 amide bonds. The fourth-order valence-corrected chi connectivity index (χ4v) is 4.65. The van der Waals surface area contributed by atoms with E-state index in [0.29, 0.717) is 13.2 Å². The lowest BCUT2D eigenvalue weighted by Crippen LogP contribution is -2.61. The van der Waals surface area contributed by atoms with E-state index < -0.39 is 5.66 Å². The molecule has 3 aliphatic heterocycles. The van der Waals surface area contributed by atoms with Gasteiger partial charge in [0.1, 0.15) is 18.9 Å². The number of rotatable bonds is 3. The number of likely N-dealkylation sites (N-methyl/N-ethyl adjacent to an activating group) is 1. The van der Waals surface area contributed by atoms with Gasteiger partial charge in [0.2, 0.25) is 0 Å². The van der Waals surface area contributed by atoms with Gasteiger partial charge in [0.05, 0.1) is 0 Å². The van der Waals surface area contributed by atoms with E-state index in [1.807, 2.05) is 0 Å². The van der Waals surface area contributed by atoms with Crippen molar-refractivity contribution in [1.29, 1.82) is 0 Å². The molecule has 0 radical (unpaired) electrons. The topological polar surface area (TPSA) is 37.0 Å². The number of fused-ring (bicyclic) bond motifs is 2. The van der Waals surface area contributed by atoms with Crippen molar-refractivity contribution in [2.75, 3.05) is 45.9 Å². The van der Waals surface area contributed by atoms with Crippen LogP contribution in [-0.4, -0.2) is 55.7 Å². The summed E-state index contributed by atoms with van der Waals surface area (Å²) in [4.78, 5) is 5.09. The summed E-state index contributed by atoms with van der Waals surface area (Å²) in [6.45, 7) is 8.74. The summed E-state index contributed by atoms with van der Waals surface area (Å²) in [7, 11) is 0. The van der Waals surface area contributed by atoms with E-state index in [9.17, 15) is 0 Å². The van der Waals surface area contributed by atoms with Gasteiger partial charge in [-0.3, -0.25) is 4.90 Å². The van der Waals surface area contributed by atoms with Gasteiger partial charge in [0.25, 0.3) is 0 Å². The van der Waals surface area contributed by atoms with E-state index in [1.165, 1.54) is 16.7 Å². The molecule has 5 rings (SSSR count). The Morgan fingerprint density at radius 1 is 0.964 bits per heavy atom. The molecule has 1 unspecified atom stereocenters. The second-order valence-electron chi connectivity index (χ2n) is 7.56. The number of ether oxygens (including phenoxy) is 2. The number of benzene rings is 2. The summed E-state index contributed by atoms with van der Waals surface area (Å²) < 4.78 is 11.7. The molecule has 2 aromatic rings. The Kier molecular flexibility index (Phi) is 4.49. The summed E-state index contributed by atoms with van der Waals surface area (Å²) >= 11 is 0. The van der Waals surface area contributed by atoms with Crippen molar-refractivity contribution in [3.05, 3.63) is 65.4 Å². The zero-order valence-electron chi connectivity index (χ0n) is 16.4. The molecule has 1 fully saturated rings. The van der Waals surface area contributed by atoms with Crippen LogP contribution in [0.2, 0.25) is 0 Å². The summed E-state index contributed by atoms with van der Waals surface area (Å²) in [6.07, 6.45) is 4.25. The van der Waals surface area contributed by atoms with Gasteiger partial charge in [-0.25, -0.2) is 0 Å². The number of hydrogen-bond donors (Lipinski definition) is 1.